The van der Waals surface area contributed by atoms with Crippen LogP contribution in [0, 0.1) is 0 Å². The van der Waals surface area contributed by atoms with Crippen molar-refractivity contribution in [3.8, 4) is 11.5 Å². The van der Waals surface area contributed by atoms with Crippen molar-refractivity contribution in [3.63, 3.8) is 0 Å². The molecule has 0 spiro atoms. The van der Waals surface area contributed by atoms with Gasteiger partial charge in [0.05, 0.1) is 11.4 Å². The zero-order chi connectivity index (χ0) is 16.8. The van der Waals surface area contributed by atoms with Gasteiger partial charge in [0.1, 0.15) is 11.5 Å². The predicted octanol–water partition coefficient (Wildman–Crippen LogP) is 2.14. The summed E-state index contributed by atoms with van der Waals surface area (Å²) in [5, 5.41) is 0. The molecule has 2 aliphatic heterocycles. The number of hydrogen-bond acceptors (Lipinski definition) is 4. The molecule has 0 bridgehead atoms. The third-order valence-corrected chi connectivity index (χ3v) is 4.40. The topological polar surface area (TPSA) is 59.1 Å². The van der Waals surface area contributed by atoms with Gasteiger partial charge in [0, 0.05) is 19.7 Å². The van der Waals surface area contributed by atoms with E-state index in [1.54, 1.807) is 37.2 Å². The molecule has 6 nitrogen and oxygen atoms in total. The Morgan fingerprint density at radius 2 is 1.75 bits per heavy atom. The SMILES string of the molecule is CN1C(=O)COc2ccc(C3Oc4ccccc4N(C)C3=O)cc21. The molecule has 1 atom stereocenters. The van der Waals surface area contributed by atoms with Crippen LogP contribution in [0.25, 0.3) is 0 Å². The summed E-state index contributed by atoms with van der Waals surface area (Å²) in [6.07, 6.45) is -0.749. The second kappa shape index (κ2) is 5.26. The van der Waals surface area contributed by atoms with Crippen molar-refractivity contribution in [2.75, 3.05) is 30.5 Å². The van der Waals surface area contributed by atoms with E-state index in [-0.39, 0.29) is 18.4 Å². The Labute approximate surface area is 139 Å². The monoisotopic (exact) mass is 324 g/mol. The molecule has 0 aromatic heterocycles. The fraction of sp³-hybridized carbons (Fsp3) is 0.222. The molecule has 0 radical (unpaired) electrons. The van der Waals surface area contributed by atoms with E-state index in [4.69, 9.17) is 9.47 Å². The van der Waals surface area contributed by atoms with Gasteiger partial charge >= 0.3 is 0 Å². The molecule has 2 aromatic carbocycles. The van der Waals surface area contributed by atoms with Gasteiger partial charge in [0.15, 0.2) is 6.61 Å². The fourth-order valence-corrected chi connectivity index (χ4v) is 2.97. The molecule has 2 aromatic rings. The predicted molar refractivity (Wildman–Crippen MR) is 88.6 cm³/mol. The second-order valence-corrected chi connectivity index (χ2v) is 5.83. The molecule has 24 heavy (non-hydrogen) atoms. The highest BCUT2D eigenvalue weighted by molar-refractivity contribution is 6.01. The van der Waals surface area contributed by atoms with E-state index >= 15 is 0 Å². The summed E-state index contributed by atoms with van der Waals surface area (Å²) >= 11 is 0. The van der Waals surface area contributed by atoms with Gasteiger partial charge in [-0.2, -0.15) is 0 Å². The summed E-state index contributed by atoms with van der Waals surface area (Å²) in [4.78, 5) is 27.6. The maximum Gasteiger partial charge on any atom is 0.272 e. The Morgan fingerprint density at radius 3 is 2.58 bits per heavy atom. The zero-order valence-electron chi connectivity index (χ0n) is 13.4. The lowest BCUT2D eigenvalue weighted by atomic mass is 10.0. The van der Waals surface area contributed by atoms with E-state index in [1.807, 2.05) is 24.3 Å². The van der Waals surface area contributed by atoms with E-state index in [0.717, 1.165) is 5.69 Å². The Balaban J connectivity index is 1.75. The number of likely N-dealkylation sites (N-methyl/N-ethyl adjacent to an activating group) is 2. The summed E-state index contributed by atoms with van der Waals surface area (Å²) in [5.41, 5.74) is 2.07. The minimum Gasteiger partial charge on any atom is -0.482 e. The number of fused-ring (bicyclic) bond motifs is 2. The van der Waals surface area contributed by atoms with Gasteiger partial charge in [-0.05, 0) is 24.3 Å². The van der Waals surface area contributed by atoms with Crippen LogP contribution in [0.3, 0.4) is 0 Å². The van der Waals surface area contributed by atoms with Crippen LogP contribution in [0.1, 0.15) is 11.7 Å². The number of nitrogens with zero attached hydrogens (tertiary/aromatic N) is 2. The van der Waals surface area contributed by atoms with Gasteiger partial charge < -0.3 is 19.3 Å². The summed E-state index contributed by atoms with van der Waals surface area (Å²) in [5.74, 6) is 0.998. The van der Waals surface area contributed by atoms with Crippen molar-refractivity contribution in [3.05, 3.63) is 48.0 Å². The average molecular weight is 324 g/mol. The number of rotatable bonds is 1. The van der Waals surface area contributed by atoms with E-state index in [1.165, 1.54) is 4.90 Å². The van der Waals surface area contributed by atoms with Crippen molar-refractivity contribution < 1.29 is 19.1 Å². The maximum atomic E-state index is 12.7. The van der Waals surface area contributed by atoms with Crippen molar-refractivity contribution in [2.24, 2.45) is 0 Å². The molecule has 1 unspecified atom stereocenters. The minimum atomic E-state index is -0.749. The third kappa shape index (κ3) is 2.11. The summed E-state index contributed by atoms with van der Waals surface area (Å²) < 4.78 is 11.3. The number of carbonyl (C=O) groups excluding carboxylic acids is 2. The van der Waals surface area contributed by atoms with Gasteiger partial charge in [0.2, 0.25) is 6.10 Å². The van der Waals surface area contributed by atoms with E-state index in [2.05, 4.69) is 0 Å². The van der Waals surface area contributed by atoms with Crippen LogP contribution in [-0.4, -0.2) is 32.5 Å². The van der Waals surface area contributed by atoms with Crippen molar-refractivity contribution in [1.29, 1.82) is 0 Å². The smallest absolute Gasteiger partial charge is 0.272 e. The van der Waals surface area contributed by atoms with Crippen LogP contribution in [0.5, 0.6) is 11.5 Å². The van der Waals surface area contributed by atoms with Crippen LogP contribution >= 0.6 is 0 Å². The van der Waals surface area contributed by atoms with Crippen LogP contribution in [0.4, 0.5) is 11.4 Å². The average Bonchev–Trinajstić information content (AvgIpc) is 2.61. The van der Waals surface area contributed by atoms with Gasteiger partial charge in [-0.3, -0.25) is 9.59 Å². The summed E-state index contributed by atoms with van der Waals surface area (Å²) in [7, 11) is 3.42. The van der Waals surface area contributed by atoms with Gasteiger partial charge in [-0.1, -0.05) is 18.2 Å². The lowest BCUT2D eigenvalue weighted by Crippen LogP contribution is -2.39. The summed E-state index contributed by atoms with van der Waals surface area (Å²) in [6, 6.07) is 12.8. The second-order valence-electron chi connectivity index (χ2n) is 5.83. The molecular weight excluding hydrogens is 308 g/mol. The number of amides is 2. The van der Waals surface area contributed by atoms with Gasteiger partial charge in [-0.25, -0.2) is 0 Å². The lowest BCUT2D eigenvalue weighted by molar-refractivity contribution is -0.126. The third-order valence-electron chi connectivity index (χ3n) is 4.40. The quantitative estimate of drug-likeness (QED) is 0.806. The van der Waals surface area contributed by atoms with Crippen LogP contribution < -0.4 is 19.3 Å². The number of anilines is 2. The number of carbonyl (C=O) groups is 2. The molecule has 2 heterocycles. The largest absolute Gasteiger partial charge is 0.482 e. The molecular formula is C18H16N2O4. The van der Waals surface area contributed by atoms with Crippen LogP contribution in [0.2, 0.25) is 0 Å². The molecule has 122 valence electrons. The van der Waals surface area contributed by atoms with Crippen molar-refractivity contribution >= 4 is 23.2 Å². The molecule has 2 aliphatic rings. The molecule has 2 amide bonds. The Bertz CT molecular complexity index is 849. The number of hydrogen-bond donors (Lipinski definition) is 0. The first kappa shape index (κ1) is 14.6. The van der Waals surface area contributed by atoms with E-state index in [9.17, 15) is 9.59 Å². The lowest BCUT2D eigenvalue weighted by Gasteiger charge is -2.33. The molecule has 0 fully saturated rings. The highest BCUT2D eigenvalue weighted by atomic mass is 16.5. The summed E-state index contributed by atoms with van der Waals surface area (Å²) in [6.45, 7) is 0.0256. The van der Waals surface area contributed by atoms with E-state index in [0.29, 0.717) is 22.7 Å². The molecule has 0 saturated carbocycles. The number of benzene rings is 2. The Kier molecular flexibility index (Phi) is 3.19. The molecule has 0 aliphatic carbocycles. The first-order valence-electron chi connectivity index (χ1n) is 7.63. The highest BCUT2D eigenvalue weighted by Crippen LogP contribution is 2.40. The van der Waals surface area contributed by atoms with E-state index < -0.39 is 6.10 Å². The standard InChI is InChI=1S/C18H16N2O4/c1-19-13-9-11(7-8-14(13)23-10-16(19)21)17-18(22)20(2)12-5-3-4-6-15(12)24-17/h3-9,17H,10H2,1-2H3. The maximum absolute atomic E-state index is 12.7. The Hall–Kier alpha value is -3.02. The van der Waals surface area contributed by atoms with Crippen molar-refractivity contribution in [2.45, 2.75) is 6.10 Å². The van der Waals surface area contributed by atoms with Crippen LogP contribution in [0.15, 0.2) is 42.5 Å². The normalized spacial score (nSPS) is 19.3. The molecule has 4 rings (SSSR count). The minimum absolute atomic E-state index is 0.0256. The Morgan fingerprint density at radius 1 is 0.958 bits per heavy atom. The molecule has 0 N–H and O–H groups in total. The highest BCUT2D eigenvalue weighted by Gasteiger charge is 2.34. The van der Waals surface area contributed by atoms with Gasteiger partial charge in [0.25, 0.3) is 11.8 Å². The number of ether oxygens (including phenoxy) is 2. The number of para-hydroxylation sites is 2. The van der Waals surface area contributed by atoms with Crippen molar-refractivity contribution in [1.82, 2.24) is 0 Å². The zero-order valence-corrected chi connectivity index (χ0v) is 13.4. The van der Waals surface area contributed by atoms with Gasteiger partial charge in [-0.15, -0.1) is 0 Å². The first-order chi connectivity index (χ1) is 11.6. The fourth-order valence-electron chi connectivity index (χ4n) is 2.97. The molecule has 6 heteroatoms. The molecule has 0 saturated heterocycles. The first-order valence-corrected chi connectivity index (χ1v) is 7.63. The van der Waals surface area contributed by atoms with Crippen LogP contribution in [-0.2, 0) is 9.59 Å².